The standard InChI is InChI=1S/C25H31N3O9S/c1-25(2,3)37-24(31)26-16-20(18-36-17-19-10-5-4-6-11-19)27(15-9-14-23(29)30)38(34,35)22-13-8-7-12-21(22)28(32)33/h4-14,20H,15-18H2,1-3H3,(H,26,31)(H,29,30)/b14-9+. The van der Waals surface area contributed by atoms with Crippen LogP contribution in [0.15, 0.2) is 71.6 Å². The van der Waals surface area contributed by atoms with Crippen molar-refractivity contribution >= 4 is 27.8 Å². The van der Waals surface area contributed by atoms with Gasteiger partial charge in [-0.1, -0.05) is 48.5 Å². The molecular formula is C25H31N3O9S. The largest absolute Gasteiger partial charge is 0.478 e. The van der Waals surface area contributed by atoms with E-state index in [4.69, 9.17) is 14.6 Å². The van der Waals surface area contributed by atoms with Crippen molar-refractivity contribution in [3.63, 3.8) is 0 Å². The van der Waals surface area contributed by atoms with Crippen molar-refractivity contribution in [3.8, 4) is 0 Å². The number of carbonyl (C=O) groups excluding carboxylic acids is 1. The lowest BCUT2D eigenvalue weighted by molar-refractivity contribution is -0.387. The Labute approximate surface area is 221 Å². The minimum absolute atomic E-state index is 0.119. The van der Waals surface area contributed by atoms with Crippen LogP contribution in [0.5, 0.6) is 0 Å². The molecule has 1 unspecified atom stereocenters. The van der Waals surface area contributed by atoms with Gasteiger partial charge in [0.2, 0.25) is 0 Å². The van der Waals surface area contributed by atoms with E-state index in [1.165, 1.54) is 12.1 Å². The summed E-state index contributed by atoms with van der Waals surface area (Å²) < 4.78 is 39.3. The summed E-state index contributed by atoms with van der Waals surface area (Å²) in [5.74, 6) is -1.31. The molecule has 1 atom stereocenters. The Hall–Kier alpha value is -3.81. The predicted octanol–water partition coefficient (Wildman–Crippen LogP) is 3.34. The monoisotopic (exact) mass is 549 g/mol. The van der Waals surface area contributed by atoms with E-state index in [1.54, 1.807) is 20.8 Å². The number of carbonyl (C=O) groups is 2. The van der Waals surface area contributed by atoms with E-state index in [9.17, 15) is 28.1 Å². The first-order chi connectivity index (χ1) is 17.8. The molecule has 0 saturated heterocycles. The molecule has 0 bridgehead atoms. The number of aliphatic carboxylic acids is 1. The van der Waals surface area contributed by atoms with Gasteiger partial charge in [-0.15, -0.1) is 0 Å². The summed E-state index contributed by atoms with van der Waals surface area (Å²) in [7, 11) is -4.58. The van der Waals surface area contributed by atoms with Crippen molar-refractivity contribution in [1.29, 1.82) is 0 Å². The number of carboxylic acid groups (broad SMARTS) is 1. The second-order valence-electron chi connectivity index (χ2n) is 9.08. The summed E-state index contributed by atoms with van der Waals surface area (Å²) in [6.45, 7) is 4.12. The number of sulfonamides is 1. The highest BCUT2D eigenvalue weighted by Gasteiger charge is 2.36. The number of ether oxygens (including phenoxy) is 2. The van der Waals surface area contributed by atoms with Crippen LogP contribution in [0.3, 0.4) is 0 Å². The third-order valence-electron chi connectivity index (χ3n) is 4.90. The Morgan fingerprint density at radius 3 is 2.37 bits per heavy atom. The highest BCUT2D eigenvalue weighted by molar-refractivity contribution is 7.89. The third kappa shape index (κ3) is 9.57. The van der Waals surface area contributed by atoms with Crippen LogP contribution in [0.4, 0.5) is 10.5 Å². The van der Waals surface area contributed by atoms with Gasteiger partial charge in [-0.05, 0) is 32.4 Å². The van der Waals surface area contributed by atoms with Gasteiger partial charge in [-0.2, -0.15) is 4.31 Å². The Kier molecular flexibility index (Phi) is 10.9. The number of nitro benzene ring substituents is 1. The SMILES string of the molecule is CC(C)(C)OC(=O)NCC(COCc1ccccc1)N(C/C=C/C(=O)O)S(=O)(=O)c1ccccc1[N+](=O)[O-]. The number of hydrogen-bond acceptors (Lipinski definition) is 8. The van der Waals surface area contributed by atoms with E-state index in [0.29, 0.717) is 0 Å². The van der Waals surface area contributed by atoms with Crippen LogP contribution in [-0.2, 0) is 30.9 Å². The lowest BCUT2D eigenvalue weighted by Gasteiger charge is -2.30. The Bertz CT molecular complexity index is 1240. The highest BCUT2D eigenvalue weighted by atomic mass is 32.2. The van der Waals surface area contributed by atoms with Crippen LogP contribution in [0, 0.1) is 10.1 Å². The molecule has 1 amide bonds. The van der Waals surface area contributed by atoms with E-state index in [1.807, 2.05) is 30.3 Å². The van der Waals surface area contributed by atoms with Gasteiger partial charge in [0.25, 0.3) is 15.7 Å². The lowest BCUT2D eigenvalue weighted by atomic mass is 10.2. The first kappa shape index (κ1) is 30.4. The maximum atomic E-state index is 13.7. The number of hydrogen-bond donors (Lipinski definition) is 2. The molecule has 0 fully saturated rings. The summed E-state index contributed by atoms with van der Waals surface area (Å²) >= 11 is 0. The number of alkyl carbamates (subject to hydrolysis) is 1. The molecule has 0 aromatic heterocycles. The zero-order chi connectivity index (χ0) is 28.3. The molecule has 206 valence electrons. The van der Waals surface area contributed by atoms with Gasteiger partial charge in [-0.3, -0.25) is 10.1 Å². The molecule has 2 aromatic rings. The van der Waals surface area contributed by atoms with Crippen LogP contribution in [0.2, 0.25) is 0 Å². The molecule has 0 radical (unpaired) electrons. The number of nitrogens with one attached hydrogen (secondary N) is 1. The topological polar surface area (TPSA) is 165 Å². The minimum atomic E-state index is -4.58. The molecule has 38 heavy (non-hydrogen) atoms. The Morgan fingerprint density at radius 2 is 1.76 bits per heavy atom. The third-order valence-corrected chi connectivity index (χ3v) is 6.87. The fraction of sp³-hybridized carbons (Fsp3) is 0.360. The second-order valence-corrected chi connectivity index (χ2v) is 10.9. The summed E-state index contributed by atoms with van der Waals surface area (Å²) in [6, 6.07) is 12.8. The number of benzene rings is 2. The molecule has 0 aliphatic heterocycles. The minimum Gasteiger partial charge on any atom is -0.478 e. The van der Waals surface area contributed by atoms with Crippen molar-refractivity contribution in [1.82, 2.24) is 9.62 Å². The number of rotatable bonds is 13. The predicted molar refractivity (Wildman–Crippen MR) is 138 cm³/mol. The maximum Gasteiger partial charge on any atom is 0.407 e. The number of para-hydroxylation sites is 1. The fourth-order valence-corrected chi connectivity index (χ4v) is 5.02. The number of amides is 1. The van der Waals surface area contributed by atoms with Crippen LogP contribution in [0.1, 0.15) is 26.3 Å². The molecule has 0 aliphatic carbocycles. The molecule has 2 N–H and O–H groups in total. The zero-order valence-corrected chi connectivity index (χ0v) is 22.1. The van der Waals surface area contributed by atoms with Gasteiger partial charge in [0.15, 0.2) is 4.90 Å². The van der Waals surface area contributed by atoms with Crippen LogP contribution in [0.25, 0.3) is 0 Å². The van der Waals surface area contributed by atoms with Crippen LogP contribution in [-0.4, -0.2) is 66.2 Å². The van der Waals surface area contributed by atoms with E-state index >= 15 is 0 Å². The molecule has 2 rings (SSSR count). The molecule has 0 saturated carbocycles. The lowest BCUT2D eigenvalue weighted by Crippen LogP contribution is -2.50. The van der Waals surface area contributed by atoms with Crippen molar-refractivity contribution in [2.45, 2.75) is 43.9 Å². The fourth-order valence-electron chi connectivity index (χ4n) is 3.30. The number of carboxylic acids is 1. The number of nitrogens with zero attached hydrogens (tertiary/aromatic N) is 2. The Morgan fingerprint density at radius 1 is 1.13 bits per heavy atom. The first-order valence-corrected chi connectivity index (χ1v) is 13.0. The molecule has 13 heteroatoms. The summed E-state index contributed by atoms with van der Waals surface area (Å²) in [4.78, 5) is 33.5. The molecule has 0 aliphatic rings. The van der Waals surface area contributed by atoms with E-state index < -0.39 is 55.8 Å². The van der Waals surface area contributed by atoms with Crippen molar-refractivity contribution < 1.29 is 37.5 Å². The maximum absolute atomic E-state index is 13.7. The first-order valence-electron chi connectivity index (χ1n) is 11.5. The number of nitro groups is 1. The second kappa shape index (κ2) is 13.7. The average Bonchev–Trinajstić information content (AvgIpc) is 2.83. The highest BCUT2D eigenvalue weighted by Crippen LogP contribution is 2.27. The summed E-state index contributed by atoms with van der Waals surface area (Å²) in [5, 5.41) is 23.1. The molecule has 12 nitrogen and oxygen atoms in total. The van der Waals surface area contributed by atoms with Crippen molar-refractivity contribution in [3.05, 3.63) is 82.4 Å². The Balaban J connectivity index is 2.44. The van der Waals surface area contributed by atoms with E-state index in [0.717, 1.165) is 34.2 Å². The zero-order valence-electron chi connectivity index (χ0n) is 21.3. The summed E-state index contributed by atoms with van der Waals surface area (Å²) in [6.07, 6.45) is 1.03. The van der Waals surface area contributed by atoms with Gasteiger partial charge in [0, 0.05) is 25.2 Å². The van der Waals surface area contributed by atoms with Gasteiger partial charge < -0.3 is 19.9 Å². The summed E-state index contributed by atoms with van der Waals surface area (Å²) in [5.41, 5.74) is -0.654. The smallest absolute Gasteiger partial charge is 0.407 e. The van der Waals surface area contributed by atoms with Gasteiger partial charge in [0.1, 0.15) is 5.60 Å². The van der Waals surface area contributed by atoms with E-state index in [-0.39, 0.29) is 19.8 Å². The molecular weight excluding hydrogens is 518 g/mol. The van der Waals surface area contributed by atoms with Crippen LogP contribution < -0.4 is 5.32 Å². The molecule has 0 spiro atoms. The van der Waals surface area contributed by atoms with Gasteiger partial charge in [0.05, 0.1) is 24.2 Å². The van der Waals surface area contributed by atoms with Crippen molar-refractivity contribution in [2.75, 3.05) is 19.7 Å². The van der Waals surface area contributed by atoms with Gasteiger partial charge >= 0.3 is 12.1 Å². The molecule has 2 aromatic carbocycles. The van der Waals surface area contributed by atoms with E-state index in [2.05, 4.69) is 5.32 Å². The molecule has 0 heterocycles. The average molecular weight is 550 g/mol. The normalized spacial score (nSPS) is 12.8. The van der Waals surface area contributed by atoms with Crippen molar-refractivity contribution in [2.24, 2.45) is 0 Å². The van der Waals surface area contributed by atoms with Crippen LogP contribution >= 0.6 is 0 Å². The van der Waals surface area contributed by atoms with Gasteiger partial charge in [-0.25, -0.2) is 18.0 Å². The quantitative estimate of drug-likeness (QED) is 0.216.